The maximum atomic E-state index is 11.9. The number of aromatic nitrogens is 1. The highest BCUT2D eigenvalue weighted by molar-refractivity contribution is 6.00. The van der Waals surface area contributed by atoms with Gasteiger partial charge in [-0.05, 0) is 43.8 Å². The quantitative estimate of drug-likeness (QED) is 0.603. The summed E-state index contributed by atoms with van der Waals surface area (Å²) in [4.78, 5) is 25.8. The third-order valence-electron chi connectivity index (χ3n) is 3.10. The molecule has 0 spiro atoms. The molecule has 2 amide bonds. The molecule has 0 fully saturated rings. The summed E-state index contributed by atoms with van der Waals surface area (Å²) in [5, 5.41) is 6.60. The maximum absolute atomic E-state index is 11.9. The summed E-state index contributed by atoms with van der Waals surface area (Å²) in [5.41, 5.74) is 7.66. The lowest BCUT2D eigenvalue weighted by Gasteiger charge is -2.04. The zero-order valence-electron chi connectivity index (χ0n) is 11.3. The van der Waals surface area contributed by atoms with Crippen molar-refractivity contribution in [1.29, 1.82) is 0 Å². The molecule has 20 heavy (non-hydrogen) atoms. The van der Waals surface area contributed by atoms with Crippen molar-refractivity contribution >= 4 is 22.7 Å². The number of likely N-dealkylation sites (N-methyl/N-ethyl adjacent to an activating group) is 1. The molecule has 1 aromatic heterocycles. The van der Waals surface area contributed by atoms with E-state index < -0.39 is 5.91 Å². The Labute approximate surface area is 116 Å². The summed E-state index contributed by atoms with van der Waals surface area (Å²) in [5.74, 6) is -0.859. The van der Waals surface area contributed by atoms with Gasteiger partial charge in [0.05, 0.1) is 6.54 Å². The van der Waals surface area contributed by atoms with Crippen LogP contribution < -0.4 is 16.4 Å². The van der Waals surface area contributed by atoms with Crippen molar-refractivity contribution < 1.29 is 9.59 Å². The molecule has 0 saturated heterocycles. The van der Waals surface area contributed by atoms with Crippen molar-refractivity contribution in [1.82, 2.24) is 15.6 Å². The van der Waals surface area contributed by atoms with Crippen LogP contribution in [0.15, 0.2) is 24.4 Å². The van der Waals surface area contributed by atoms with Gasteiger partial charge < -0.3 is 21.4 Å². The van der Waals surface area contributed by atoms with Crippen molar-refractivity contribution in [2.24, 2.45) is 5.73 Å². The number of aromatic amines is 1. The van der Waals surface area contributed by atoms with E-state index in [1.54, 1.807) is 6.07 Å². The fraction of sp³-hybridized carbons (Fsp3) is 0.286. The zero-order valence-corrected chi connectivity index (χ0v) is 11.3. The molecule has 5 N–H and O–H groups in total. The Morgan fingerprint density at radius 2 is 2.15 bits per heavy atom. The molecule has 0 radical (unpaired) electrons. The fourth-order valence-electron chi connectivity index (χ4n) is 2.06. The number of fused-ring (bicyclic) bond motifs is 1. The van der Waals surface area contributed by atoms with Crippen LogP contribution in [0.3, 0.4) is 0 Å². The number of hydrogen-bond acceptors (Lipinski definition) is 3. The van der Waals surface area contributed by atoms with E-state index in [9.17, 15) is 9.59 Å². The van der Waals surface area contributed by atoms with Crippen LogP contribution in [0.2, 0.25) is 0 Å². The predicted octanol–water partition coefficient (Wildman–Crippen LogP) is 0.145. The van der Waals surface area contributed by atoms with Crippen molar-refractivity contribution in [3.05, 3.63) is 35.5 Å². The Bertz CT molecular complexity index is 633. The average molecular weight is 274 g/mol. The molecule has 0 aliphatic carbocycles. The van der Waals surface area contributed by atoms with Crippen LogP contribution in [-0.4, -0.2) is 36.9 Å². The third kappa shape index (κ3) is 3.16. The van der Waals surface area contributed by atoms with E-state index in [0.29, 0.717) is 5.56 Å². The van der Waals surface area contributed by atoms with E-state index in [0.717, 1.165) is 29.4 Å². The standard InChI is InChI=1S/C14H18N4O2/c1-16-5-4-10-7-17-12-3-2-9(6-11(10)12)14(20)18-8-13(15)19/h2-3,6-7,16-17H,4-5,8H2,1H3,(H2,15,19)(H,18,20). The number of nitrogens with two attached hydrogens (primary N) is 1. The second-order valence-electron chi connectivity index (χ2n) is 4.58. The minimum Gasteiger partial charge on any atom is -0.368 e. The van der Waals surface area contributed by atoms with Gasteiger partial charge in [0.1, 0.15) is 0 Å². The number of benzene rings is 1. The number of carbonyl (C=O) groups is 2. The zero-order chi connectivity index (χ0) is 14.5. The lowest BCUT2D eigenvalue weighted by molar-refractivity contribution is -0.117. The number of nitrogens with one attached hydrogen (secondary N) is 3. The lowest BCUT2D eigenvalue weighted by atomic mass is 10.1. The van der Waals surface area contributed by atoms with Gasteiger partial charge in [-0.15, -0.1) is 0 Å². The number of H-pyrrole nitrogens is 1. The van der Waals surface area contributed by atoms with E-state index in [2.05, 4.69) is 15.6 Å². The minimum atomic E-state index is -0.559. The average Bonchev–Trinajstić information content (AvgIpc) is 2.84. The smallest absolute Gasteiger partial charge is 0.251 e. The van der Waals surface area contributed by atoms with Gasteiger partial charge in [-0.1, -0.05) is 0 Å². The van der Waals surface area contributed by atoms with Gasteiger partial charge in [-0.3, -0.25) is 9.59 Å². The van der Waals surface area contributed by atoms with Crippen molar-refractivity contribution in [2.45, 2.75) is 6.42 Å². The summed E-state index contributed by atoms with van der Waals surface area (Å²) >= 11 is 0. The van der Waals surface area contributed by atoms with Crippen LogP contribution in [0.25, 0.3) is 10.9 Å². The molecule has 106 valence electrons. The summed E-state index contributed by atoms with van der Waals surface area (Å²) in [7, 11) is 1.90. The Kier molecular flexibility index (Phi) is 4.37. The van der Waals surface area contributed by atoms with Gasteiger partial charge in [0.2, 0.25) is 5.91 Å². The van der Waals surface area contributed by atoms with Crippen LogP contribution in [0.1, 0.15) is 15.9 Å². The van der Waals surface area contributed by atoms with E-state index in [4.69, 9.17) is 5.73 Å². The highest BCUT2D eigenvalue weighted by atomic mass is 16.2. The molecule has 1 aromatic carbocycles. The number of rotatable bonds is 6. The highest BCUT2D eigenvalue weighted by Crippen LogP contribution is 2.20. The molecule has 6 heteroatoms. The van der Waals surface area contributed by atoms with Crippen LogP contribution >= 0.6 is 0 Å². The summed E-state index contributed by atoms with van der Waals surface area (Å²) < 4.78 is 0. The fourth-order valence-corrected chi connectivity index (χ4v) is 2.06. The topological polar surface area (TPSA) is 100 Å². The Hall–Kier alpha value is -2.34. The van der Waals surface area contributed by atoms with Gasteiger partial charge in [0.25, 0.3) is 5.91 Å². The monoisotopic (exact) mass is 274 g/mol. The largest absolute Gasteiger partial charge is 0.368 e. The van der Waals surface area contributed by atoms with Gasteiger partial charge in [0.15, 0.2) is 0 Å². The Balaban J connectivity index is 2.22. The minimum absolute atomic E-state index is 0.156. The van der Waals surface area contributed by atoms with E-state index in [-0.39, 0.29) is 12.5 Å². The van der Waals surface area contributed by atoms with E-state index >= 15 is 0 Å². The van der Waals surface area contributed by atoms with E-state index in [1.165, 1.54) is 0 Å². The first kappa shape index (κ1) is 14.1. The molecular formula is C14H18N4O2. The van der Waals surface area contributed by atoms with Crippen molar-refractivity contribution in [3.8, 4) is 0 Å². The summed E-state index contributed by atoms with van der Waals surface area (Å²) in [6.45, 7) is 0.710. The van der Waals surface area contributed by atoms with Gasteiger partial charge >= 0.3 is 0 Å². The molecule has 0 saturated carbocycles. The molecular weight excluding hydrogens is 256 g/mol. The SMILES string of the molecule is CNCCc1c[nH]c2ccc(C(=O)NCC(N)=O)cc12. The Morgan fingerprint density at radius 1 is 1.35 bits per heavy atom. The predicted molar refractivity (Wildman–Crippen MR) is 77.5 cm³/mol. The van der Waals surface area contributed by atoms with Crippen LogP contribution in [0.4, 0.5) is 0 Å². The first-order valence-corrected chi connectivity index (χ1v) is 6.43. The van der Waals surface area contributed by atoms with Crippen LogP contribution in [0, 0.1) is 0 Å². The lowest BCUT2D eigenvalue weighted by Crippen LogP contribution is -2.33. The second kappa shape index (κ2) is 6.21. The molecule has 0 aliphatic rings. The van der Waals surface area contributed by atoms with Gasteiger partial charge in [0, 0.05) is 22.7 Å². The van der Waals surface area contributed by atoms with Crippen LogP contribution in [-0.2, 0) is 11.2 Å². The van der Waals surface area contributed by atoms with Gasteiger partial charge in [-0.2, -0.15) is 0 Å². The van der Waals surface area contributed by atoms with Crippen LogP contribution in [0.5, 0.6) is 0 Å². The molecule has 2 rings (SSSR count). The molecule has 2 aromatic rings. The highest BCUT2D eigenvalue weighted by Gasteiger charge is 2.10. The molecule has 6 nitrogen and oxygen atoms in total. The summed E-state index contributed by atoms with van der Waals surface area (Å²) in [6.07, 6.45) is 2.83. The third-order valence-corrected chi connectivity index (χ3v) is 3.10. The first-order chi connectivity index (χ1) is 9.61. The molecule has 1 heterocycles. The molecule has 0 aliphatic heterocycles. The molecule has 0 bridgehead atoms. The number of amides is 2. The number of hydrogen-bond donors (Lipinski definition) is 4. The second-order valence-corrected chi connectivity index (χ2v) is 4.58. The van der Waals surface area contributed by atoms with Crippen molar-refractivity contribution in [3.63, 3.8) is 0 Å². The van der Waals surface area contributed by atoms with Crippen molar-refractivity contribution in [2.75, 3.05) is 20.1 Å². The Morgan fingerprint density at radius 3 is 2.85 bits per heavy atom. The van der Waals surface area contributed by atoms with E-state index in [1.807, 2.05) is 25.4 Å². The molecule has 0 atom stereocenters. The number of carbonyl (C=O) groups excluding carboxylic acids is 2. The number of primary amides is 1. The first-order valence-electron chi connectivity index (χ1n) is 6.43. The summed E-state index contributed by atoms with van der Waals surface area (Å²) in [6, 6.07) is 5.40. The maximum Gasteiger partial charge on any atom is 0.251 e. The molecule has 0 unspecified atom stereocenters. The van der Waals surface area contributed by atoms with Gasteiger partial charge in [-0.25, -0.2) is 0 Å². The normalized spacial score (nSPS) is 10.7.